The summed E-state index contributed by atoms with van der Waals surface area (Å²) < 4.78 is 18.7. The molecule has 1 amide bonds. The maximum Gasteiger partial charge on any atom is 0.226 e. The van der Waals surface area contributed by atoms with Crippen molar-refractivity contribution in [3.05, 3.63) is 30.1 Å². The third-order valence-corrected chi connectivity index (χ3v) is 5.16. The molecule has 3 aliphatic rings. The van der Waals surface area contributed by atoms with Crippen molar-refractivity contribution in [1.29, 1.82) is 0 Å². The van der Waals surface area contributed by atoms with E-state index in [4.69, 9.17) is 4.74 Å². The molecule has 2 bridgehead atoms. The SMILES string of the molecule is O=C(C1CC1)N1[C@H]2CC[C@@H](C2)[C@@H]1COc1ccc(F)cc1. The molecule has 21 heavy (non-hydrogen) atoms. The summed E-state index contributed by atoms with van der Waals surface area (Å²) in [5.74, 6) is 1.62. The maximum absolute atomic E-state index is 12.9. The number of rotatable bonds is 4. The molecule has 1 aliphatic heterocycles. The fourth-order valence-electron chi connectivity index (χ4n) is 3.90. The first-order valence-corrected chi connectivity index (χ1v) is 7.93. The third-order valence-electron chi connectivity index (χ3n) is 5.16. The summed E-state index contributed by atoms with van der Waals surface area (Å²) in [5.41, 5.74) is 0. The largest absolute Gasteiger partial charge is 0.491 e. The second kappa shape index (κ2) is 5.00. The minimum absolute atomic E-state index is 0.210. The molecule has 1 aromatic carbocycles. The van der Waals surface area contributed by atoms with E-state index in [-0.39, 0.29) is 17.8 Å². The number of ether oxygens (including phenoxy) is 1. The van der Waals surface area contributed by atoms with Crippen LogP contribution < -0.4 is 4.74 Å². The van der Waals surface area contributed by atoms with Crippen LogP contribution in [0.15, 0.2) is 24.3 Å². The van der Waals surface area contributed by atoms with Crippen LogP contribution in [0.4, 0.5) is 4.39 Å². The Hall–Kier alpha value is -1.58. The van der Waals surface area contributed by atoms with E-state index in [1.807, 2.05) is 0 Å². The zero-order valence-corrected chi connectivity index (χ0v) is 12.0. The molecule has 0 radical (unpaired) electrons. The number of piperidine rings is 1. The van der Waals surface area contributed by atoms with E-state index in [1.165, 1.54) is 18.6 Å². The fourth-order valence-corrected chi connectivity index (χ4v) is 3.90. The molecule has 112 valence electrons. The van der Waals surface area contributed by atoms with E-state index in [0.717, 1.165) is 25.7 Å². The summed E-state index contributed by atoms with van der Waals surface area (Å²) >= 11 is 0. The number of nitrogens with zero attached hydrogens (tertiary/aromatic N) is 1. The first-order chi connectivity index (χ1) is 10.2. The van der Waals surface area contributed by atoms with Crippen molar-refractivity contribution in [3.63, 3.8) is 0 Å². The first kappa shape index (κ1) is 13.1. The monoisotopic (exact) mass is 289 g/mol. The molecule has 1 saturated heterocycles. The minimum atomic E-state index is -0.257. The van der Waals surface area contributed by atoms with E-state index < -0.39 is 0 Å². The van der Waals surface area contributed by atoms with Crippen LogP contribution in [0.3, 0.4) is 0 Å². The number of fused-ring (bicyclic) bond motifs is 2. The Kier molecular flexibility index (Phi) is 3.12. The van der Waals surface area contributed by atoms with Gasteiger partial charge in [-0.25, -0.2) is 4.39 Å². The molecular weight excluding hydrogens is 269 g/mol. The summed E-state index contributed by atoms with van der Waals surface area (Å²) in [5, 5.41) is 0. The van der Waals surface area contributed by atoms with Crippen molar-refractivity contribution in [2.24, 2.45) is 11.8 Å². The molecule has 3 nitrogen and oxygen atoms in total. The van der Waals surface area contributed by atoms with Crippen LogP contribution in [0.1, 0.15) is 32.1 Å². The molecule has 0 aromatic heterocycles. The van der Waals surface area contributed by atoms with Crippen LogP contribution in [-0.2, 0) is 4.79 Å². The Labute approximate surface area is 124 Å². The number of benzene rings is 1. The maximum atomic E-state index is 12.9. The summed E-state index contributed by atoms with van der Waals surface area (Å²) in [6, 6.07) is 6.75. The summed E-state index contributed by atoms with van der Waals surface area (Å²) in [6.45, 7) is 0.533. The van der Waals surface area contributed by atoms with Crippen molar-refractivity contribution in [2.75, 3.05) is 6.61 Å². The van der Waals surface area contributed by atoms with Crippen LogP contribution in [0.5, 0.6) is 5.75 Å². The average Bonchev–Trinajstić information content (AvgIpc) is 3.16. The average molecular weight is 289 g/mol. The van der Waals surface area contributed by atoms with Gasteiger partial charge in [-0.2, -0.15) is 0 Å². The number of hydrogen-bond acceptors (Lipinski definition) is 2. The Morgan fingerprint density at radius 1 is 1.19 bits per heavy atom. The molecule has 1 aromatic rings. The van der Waals surface area contributed by atoms with E-state index in [9.17, 15) is 9.18 Å². The molecule has 0 unspecified atom stereocenters. The van der Waals surface area contributed by atoms with Crippen LogP contribution in [0.25, 0.3) is 0 Å². The first-order valence-electron chi connectivity index (χ1n) is 7.93. The molecule has 4 rings (SSSR count). The lowest BCUT2D eigenvalue weighted by atomic mass is 9.99. The van der Waals surface area contributed by atoms with Crippen molar-refractivity contribution in [3.8, 4) is 5.75 Å². The highest BCUT2D eigenvalue weighted by molar-refractivity contribution is 5.82. The van der Waals surface area contributed by atoms with Gasteiger partial charge in [-0.05, 0) is 62.3 Å². The lowest BCUT2D eigenvalue weighted by molar-refractivity contribution is -0.137. The van der Waals surface area contributed by atoms with Crippen LogP contribution in [0.2, 0.25) is 0 Å². The van der Waals surface area contributed by atoms with Gasteiger partial charge >= 0.3 is 0 Å². The number of carbonyl (C=O) groups excluding carboxylic acids is 1. The van der Waals surface area contributed by atoms with Gasteiger partial charge < -0.3 is 9.64 Å². The molecule has 0 N–H and O–H groups in total. The molecule has 2 saturated carbocycles. The summed E-state index contributed by atoms with van der Waals surface area (Å²) in [6.07, 6.45) is 5.60. The second-order valence-electron chi connectivity index (χ2n) is 6.58. The smallest absolute Gasteiger partial charge is 0.226 e. The van der Waals surface area contributed by atoms with Gasteiger partial charge in [0.1, 0.15) is 18.2 Å². The van der Waals surface area contributed by atoms with Gasteiger partial charge in [0.2, 0.25) is 5.91 Å². The van der Waals surface area contributed by atoms with Crippen LogP contribution in [0, 0.1) is 17.7 Å². The van der Waals surface area contributed by atoms with Crippen molar-refractivity contribution >= 4 is 5.91 Å². The Balaban J connectivity index is 1.44. The normalized spacial score (nSPS) is 30.7. The lowest BCUT2D eigenvalue weighted by Crippen LogP contribution is -2.48. The fraction of sp³-hybridized carbons (Fsp3) is 0.588. The highest BCUT2D eigenvalue weighted by Crippen LogP contribution is 2.45. The van der Waals surface area contributed by atoms with Gasteiger partial charge in [-0.3, -0.25) is 4.79 Å². The molecular formula is C17H20FNO2. The number of likely N-dealkylation sites (tertiary alicyclic amines) is 1. The zero-order valence-electron chi connectivity index (χ0n) is 12.0. The van der Waals surface area contributed by atoms with E-state index in [1.54, 1.807) is 12.1 Å². The van der Waals surface area contributed by atoms with Crippen LogP contribution in [-0.4, -0.2) is 29.5 Å². The number of carbonyl (C=O) groups is 1. The third kappa shape index (κ3) is 2.41. The van der Waals surface area contributed by atoms with Crippen molar-refractivity contribution < 1.29 is 13.9 Å². The zero-order chi connectivity index (χ0) is 14.4. The van der Waals surface area contributed by atoms with Gasteiger partial charge in [-0.15, -0.1) is 0 Å². The van der Waals surface area contributed by atoms with Gasteiger partial charge in [0, 0.05) is 12.0 Å². The van der Waals surface area contributed by atoms with Gasteiger partial charge in [0.15, 0.2) is 0 Å². The molecule has 2 aliphatic carbocycles. The lowest BCUT2D eigenvalue weighted by Gasteiger charge is -2.35. The molecule has 4 heteroatoms. The summed E-state index contributed by atoms with van der Waals surface area (Å²) in [4.78, 5) is 14.6. The highest BCUT2D eigenvalue weighted by atomic mass is 19.1. The van der Waals surface area contributed by atoms with E-state index in [2.05, 4.69) is 4.90 Å². The molecule has 1 heterocycles. The van der Waals surface area contributed by atoms with Gasteiger partial charge in [-0.1, -0.05) is 0 Å². The molecule has 3 fully saturated rings. The van der Waals surface area contributed by atoms with Crippen LogP contribution >= 0.6 is 0 Å². The standard InChI is InChI=1S/C17H20FNO2/c18-13-4-7-15(8-5-13)21-10-16-12-3-6-14(9-12)19(16)17(20)11-1-2-11/h4-5,7-8,11-12,14,16H,1-3,6,9-10H2/t12-,14-,16-/m0/s1. The quantitative estimate of drug-likeness (QED) is 0.853. The van der Waals surface area contributed by atoms with Crippen molar-refractivity contribution in [1.82, 2.24) is 4.90 Å². The topological polar surface area (TPSA) is 29.5 Å². The summed E-state index contributed by atoms with van der Waals surface area (Å²) in [7, 11) is 0. The van der Waals surface area contributed by atoms with E-state index >= 15 is 0 Å². The van der Waals surface area contributed by atoms with Crippen molar-refractivity contribution in [2.45, 2.75) is 44.2 Å². The second-order valence-corrected chi connectivity index (χ2v) is 6.58. The van der Waals surface area contributed by atoms with Gasteiger partial charge in [0.05, 0.1) is 6.04 Å². The highest BCUT2D eigenvalue weighted by Gasteiger charge is 2.50. The predicted molar refractivity (Wildman–Crippen MR) is 76.4 cm³/mol. The predicted octanol–water partition coefficient (Wildman–Crippen LogP) is 2.99. The number of halogens is 1. The number of amides is 1. The number of hydrogen-bond donors (Lipinski definition) is 0. The Morgan fingerprint density at radius 3 is 2.67 bits per heavy atom. The molecule has 3 atom stereocenters. The Bertz CT molecular complexity index is 540. The van der Waals surface area contributed by atoms with E-state index in [0.29, 0.717) is 30.2 Å². The van der Waals surface area contributed by atoms with Gasteiger partial charge in [0.25, 0.3) is 0 Å². The Morgan fingerprint density at radius 2 is 1.95 bits per heavy atom. The minimum Gasteiger partial charge on any atom is -0.491 e. The molecule has 0 spiro atoms.